The third-order valence-corrected chi connectivity index (χ3v) is 5.03. The van der Waals surface area contributed by atoms with E-state index in [1.807, 2.05) is 49.3 Å². The van der Waals surface area contributed by atoms with Gasteiger partial charge in [-0.2, -0.15) is 0 Å². The van der Waals surface area contributed by atoms with Crippen molar-refractivity contribution in [1.29, 1.82) is 0 Å². The third-order valence-electron chi connectivity index (χ3n) is 4.30. The van der Waals surface area contributed by atoms with Crippen LogP contribution in [0.4, 0.5) is 5.69 Å². The van der Waals surface area contributed by atoms with Gasteiger partial charge in [0.1, 0.15) is 0 Å². The zero-order chi connectivity index (χ0) is 17.0. The van der Waals surface area contributed by atoms with Gasteiger partial charge in [0.05, 0.1) is 12.0 Å². The number of nitrogens with zero attached hydrogens (tertiary/aromatic N) is 1. The van der Waals surface area contributed by atoms with Crippen LogP contribution in [0, 0.1) is 11.8 Å². The van der Waals surface area contributed by atoms with Gasteiger partial charge in [0.25, 0.3) is 0 Å². The molecular formula is C17H24N2O3S. The maximum Gasteiger partial charge on any atom is 0.307 e. The molecule has 1 saturated heterocycles. The van der Waals surface area contributed by atoms with Crippen LogP contribution in [0.5, 0.6) is 0 Å². The topological polar surface area (TPSA) is 69.6 Å². The molecule has 0 spiro atoms. The monoisotopic (exact) mass is 336 g/mol. The largest absolute Gasteiger partial charge is 0.481 e. The van der Waals surface area contributed by atoms with Crippen molar-refractivity contribution in [2.75, 3.05) is 24.7 Å². The second kappa shape index (κ2) is 7.84. The van der Waals surface area contributed by atoms with E-state index in [2.05, 4.69) is 5.32 Å². The number of rotatable bonds is 5. The number of carboxylic acids is 1. The predicted molar refractivity (Wildman–Crippen MR) is 92.8 cm³/mol. The predicted octanol–water partition coefficient (Wildman–Crippen LogP) is 2.78. The van der Waals surface area contributed by atoms with E-state index in [1.165, 1.54) is 0 Å². The highest BCUT2D eigenvalue weighted by Gasteiger charge is 2.33. The van der Waals surface area contributed by atoms with Gasteiger partial charge in [0.15, 0.2) is 0 Å². The molecule has 0 aromatic heterocycles. The van der Waals surface area contributed by atoms with Gasteiger partial charge in [-0.3, -0.25) is 14.5 Å². The van der Waals surface area contributed by atoms with Crippen molar-refractivity contribution in [2.24, 2.45) is 11.8 Å². The van der Waals surface area contributed by atoms with Gasteiger partial charge in [-0.15, -0.1) is 11.8 Å². The van der Waals surface area contributed by atoms with Crippen molar-refractivity contribution in [2.45, 2.75) is 31.2 Å². The molecule has 1 amide bonds. The Kier molecular flexibility index (Phi) is 6.07. The Bertz CT molecular complexity index is 579. The number of likely N-dealkylation sites (tertiary alicyclic amines) is 1. The Morgan fingerprint density at radius 3 is 2.78 bits per heavy atom. The average Bonchev–Trinajstić information content (AvgIpc) is 2.53. The summed E-state index contributed by atoms with van der Waals surface area (Å²) in [6, 6.07) is 7.36. The van der Waals surface area contributed by atoms with Crippen molar-refractivity contribution in [1.82, 2.24) is 4.90 Å². The molecule has 1 aromatic rings. The summed E-state index contributed by atoms with van der Waals surface area (Å²) < 4.78 is 0. The minimum atomic E-state index is -0.776. The summed E-state index contributed by atoms with van der Waals surface area (Å²) in [6.45, 7) is 5.06. The minimum absolute atomic E-state index is 0.0958. The van der Waals surface area contributed by atoms with Crippen LogP contribution in [0.1, 0.15) is 20.3 Å². The Balaban J connectivity index is 2.02. The summed E-state index contributed by atoms with van der Waals surface area (Å²) in [7, 11) is 0. The van der Waals surface area contributed by atoms with Gasteiger partial charge in [-0.25, -0.2) is 0 Å². The minimum Gasteiger partial charge on any atom is -0.481 e. The first kappa shape index (κ1) is 17.8. The van der Waals surface area contributed by atoms with Crippen LogP contribution in [-0.2, 0) is 9.59 Å². The van der Waals surface area contributed by atoms with E-state index in [4.69, 9.17) is 0 Å². The second-order valence-electron chi connectivity index (χ2n) is 6.23. The number of hydrogen-bond donors (Lipinski definition) is 2. The first-order valence-electron chi connectivity index (χ1n) is 7.82. The molecule has 0 bridgehead atoms. The SMILES string of the molecule is CSc1cccc(NC(=O)C(C)N2CC(C)CC(C(=O)O)C2)c1. The molecule has 0 saturated carbocycles. The second-order valence-corrected chi connectivity index (χ2v) is 7.11. The molecule has 1 aliphatic heterocycles. The number of carboxylic acid groups (broad SMARTS) is 1. The van der Waals surface area contributed by atoms with Crippen LogP contribution in [-0.4, -0.2) is 47.3 Å². The lowest BCUT2D eigenvalue weighted by Crippen LogP contribution is -2.50. The normalized spacial score (nSPS) is 23.3. The Morgan fingerprint density at radius 2 is 2.13 bits per heavy atom. The molecule has 6 heteroatoms. The van der Waals surface area contributed by atoms with Crippen molar-refractivity contribution in [3.63, 3.8) is 0 Å². The van der Waals surface area contributed by atoms with E-state index in [-0.39, 0.29) is 17.9 Å². The Morgan fingerprint density at radius 1 is 1.39 bits per heavy atom. The van der Waals surface area contributed by atoms with E-state index in [0.29, 0.717) is 13.0 Å². The molecule has 0 radical (unpaired) electrons. The van der Waals surface area contributed by atoms with E-state index in [0.717, 1.165) is 17.1 Å². The molecular weight excluding hydrogens is 312 g/mol. The number of carbonyl (C=O) groups excluding carboxylic acids is 1. The zero-order valence-corrected chi connectivity index (χ0v) is 14.6. The fourth-order valence-corrected chi connectivity index (χ4v) is 3.46. The van der Waals surface area contributed by atoms with Crippen LogP contribution in [0.2, 0.25) is 0 Å². The lowest BCUT2D eigenvalue weighted by atomic mass is 9.89. The van der Waals surface area contributed by atoms with Crippen LogP contribution in [0.25, 0.3) is 0 Å². The molecule has 1 aromatic carbocycles. The van der Waals surface area contributed by atoms with Crippen molar-refractivity contribution >= 4 is 29.3 Å². The smallest absolute Gasteiger partial charge is 0.307 e. The average molecular weight is 336 g/mol. The highest BCUT2D eigenvalue weighted by molar-refractivity contribution is 7.98. The van der Waals surface area contributed by atoms with E-state index in [9.17, 15) is 14.7 Å². The van der Waals surface area contributed by atoms with Gasteiger partial charge in [0, 0.05) is 23.7 Å². The van der Waals surface area contributed by atoms with Crippen LogP contribution in [0.15, 0.2) is 29.2 Å². The van der Waals surface area contributed by atoms with E-state index >= 15 is 0 Å². The number of nitrogens with one attached hydrogen (secondary N) is 1. The van der Waals surface area contributed by atoms with Gasteiger partial charge < -0.3 is 10.4 Å². The van der Waals surface area contributed by atoms with Crippen LogP contribution in [0.3, 0.4) is 0 Å². The van der Waals surface area contributed by atoms with Crippen LogP contribution < -0.4 is 5.32 Å². The molecule has 1 aliphatic rings. The lowest BCUT2D eigenvalue weighted by Gasteiger charge is -2.37. The summed E-state index contributed by atoms with van der Waals surface area (Å²) in [5, 5.41) is 12.2. The number of piperidine rings is 1. The van der Waals surface area contributed by atoms with Crippen molar-refractivity contribution in [3.05, 3.63) is 24.3 Å². The number of anilines is 1. The third kappa shape index (κ3) is 4.72. The molecule has 1 fully saturated rings. The fourth-order valence-electron chi connectivity index (χ4n) is 3.00. The first-order chi connectivity index (χ1) is 10.9. The molecule has 2 N–H and O–H groups in total. The summed E-state index contributed by atoms with van der Waals surface area (Å²) in [6.07, 6.45) is 2.67. The van der Waals surface area contributed by atoms with Crippen molar-refractivity contribution in [3.8, 4) is 0 Å². The zero-order valence-electron chi connectivity index (χ0n) is 13.8. The molecule has 126 valence electrons. The fraction of sp³-hybridized carbons (Fsp3) is 0.529. The van der Waals surface area contributed by atoms with Crippen molar-refractivity contribution < 1.29 is 14.7 Å². The highest BCUT2D eigenvalue weighted by atomic mass is 32.2. The standard InChI is InChI=1S/C17H24N2O3S/c1-11-7-13(17(21)22)10-19(9-11)12(2)16(20)18-14-5-4-6-15(8-14)23-3/h4-6,8,11-13H,7,9-10H2,1-3H3,(H,18,20)(H,21,22). The molecule has 0 aliphatic carbocycles. The number of thioether (sulfide) groups is 1. The summed E-state index contributed by atoms with van der Waals surface area (Å²) in [4.78, 5) is 26.8. The lowest BCUT2D eigenvalue weighted by molar-refractivity contribution is -0.145. The molecule has 3 unspecified atom stereocenters. The van der Waals surface area contributed by atoms with Gasteiger partial charge in [-0.05, 0) is 43.7 Å². The molecule has 5 nitrogen and oxygen atoms in total. The number of aliphatic carboxylic acids is 1. The van der Waals surface area contributed by atoms with E-state index in [1.54, 1.807) is 11.8 Å². The summed E-state index contributed by atoms with van der Waals surface area (Å²) >= 11 is 1.62. The highest BCUT2D eigenvalue weighted by Crippen LogP contribution is 2.24. The quantitative estimate of drug-likeness (QED) is 0.809. The maximum atomic E-state index is 12.5. The summed E-state index contributed by atoms with van der Waals surface area (Å²) in [5.74, 6) is -0.989. The Hall–Kier alpha value is -1.53. The number of amides is 1. The van der Waals surface area contributed by atoms with Crippen LogP contribution >= 0.6 is 11.8 Å². The Labute approximate surface area is 141 Å². The molecule has 2 rings (SSSR count). The van der Waals surface area contributed by atoms with Gasteiger partial charge in [-0.1, -0.05) is 13.0 Å². The molecule has 3 atom stereocenters. The van der Waals surface area contributed by atoms with Gasteiger partial charge in [0.2, 0.25) is 5.91 Å². The van der Waals surface area contributed by atoms with Gasteiger partial charge >= 0.3 is 5.97 Å². The maximum absolute atomic E-state index is 12.5. The number of benzene rings is 1. The number of hydrogen-bond acceptors (Lipinski definition) is 4. The number of carbonyl (C=O) groups is 2. The molecule has 23 heavy (non-hydrogen) atoms. The first-order valence-corrected chi connectivity index (χ1v) is 9.05. The summed E-state index contributed by atoms with van der Waals surface area (Å²) in [5.41, 5.74) is 0.772. The van der Waals surface area contributed by atoms with E-state index < -0.39 is 11.9 Å². The molecule has 1 heterocycles.